The van der Waals surface area contributed by atoms with Crippen molar-refractivity contribution in [3.05, 3.63) is 24.5 Å². The van der Waals surface area contributed by atoms with Crippen molar-refractivity contribution in [1.29, 1.82) is 0 Å². The van der Waals surface area contributed by atoms with E-state index in [-0.39, 0.29) is 6.10 Å². The average molecular weight is 276 g/mol. The van der Waals surface area contributed by atoms with Gasteiger partial charge in [-0.15, -0.1) is 5.10 Å². The molecule has 2 aromatic rings. The first-order chi connectivity index (χ1) is 9.65. The van der Waals surface area contributed by atoms with Gasteiger partial charge in [0, 0.05) is 19.3 Å². The van der Waals surface area contributed by atoms with E-state index in [0.29, 0.717) is 11.6 Å². The third kappa shape index (κ3) is 4.11. The maximum Gasteiger partial charge on any atom is 0.239 e. The maximum atomic E-state index is 5.82. The number of nitrogens with zero attached hydrogens (tertiary/aromatic N) is 4. The van der Waals surface area contributed by atoms with E-state index >= 15 is 0 Å². The molecule has 7 nitrogen and oxygen atoms in total. The average Bonchev–Trinajstić information content (AvgIpc) is 2.91. The minimum Gasteiger partial charge on any atom is -0.473 e. The zero-order chi connectivity index (χ0) is 14.4. The molecule has 0 spiro atoms. The molecule has 0 aromatic carbocycles. The number of pyridine rings is 1. The van der Waals surface area contributed by atoms with Crippen molar-refractivity contribution in [3.8, 4) is 5.88 Å². The fourth-order valence-corrected chi connectivity index (χ4v) is 1.68. The van der Waals surface area contributed by atoms with Gasteiger partial charge in [0.05, 0.1) is 18.0 Å². The minimum absolute atomic E-state index is 0.0485. The molecule has 2 rings (SSSR count). The molecular weight excluding hydrogens is 256 g/mol. The van der Waals surface area contributed by atoms with Gasteiger partial charge in [-0.25, -0.2) is 0 Å². The van der Waals surface area contributed by atoms with Crippen molar-refractivity contribution in [1.82, 2.24) is 20.0 Å². The van der Waals surface area contributed by atoms with Crippen LogP contribution in [0.2, 0.25) is 0 Å². The summed E-state index contributed by atoms with van der Waals surface area (Å²) in [4.78, 5) is 4.35. The third-order valence-corrected chi connectivity index (χ3v) is 2.58. The van der Waals surface area contributed by atoms with E-state index in [2.05, 4.69) is 20.6 Å². The number of ether oxygens (including phenoxy) is 1. The highest BCUT2D eigenvalue weighted by atomic mass is 16.5. The summed E-state index contributed by atoms with van der Waals surface area (Å²) >= 11 is 0. The Morgan fingerprint density at radius 3 is 2.95 bits per heavy atom. The van der Waals surface area contributed by atoms with Crippen molar-refractivity contribution in [2.45, 2.75) is 32.9 Å². The van der Waals surface area contributed by atoms with Crippen LogP contribution in [0.1, 0.15) is 20.3 Å². The lowest BCUT2D eigenvalue weighted by Crippen LogP contribution is -2.11. The molecule has 2 heterocycles. The fourth-order valence-electron chi connectivity index (χ4n) is 1.68. The first-order valence-corrected chi connectivity index (χ1v) is 6.66. The molecule has 0 fully saturated rings. The molecule has 0 unspecified atom stereocenters. The Kier molecular flexibility index (Phi) is 4.75. The molecule has 0 atom stereocenters. The molecule has 3 N–H and O–H groups in total. The monoisotopic (exact) mass is 276 g/mol. The second kappa shape index (κ2) is 6.74. The second-order valence-electron chi connectivity index (χ2n) is 4.70. The van der Waals surface area contributed by atoms with Crippen molar-refractivity contribution in [2.75, 3.05) is 17.6 Å². The molecule has 108 valence electrons. The Hall–Kier alpha value is -2.31. The van der Waals surface area contributed by atoms with Crippen LogP contribution < -0.4 is 15.8 Å². The molecule has 0 radical (unpaired) electrons. The highest BCUT2D eigenvalue weighted by Crippen LogP contribution is 2.21. The first kappa shape index (κ1) is 14.1. The topological polar surface area (TPSA) is 90.9 Å². The number of nitrogen functional groups attached to an aromatic ring is 1. The SMILES string of the molecule is CC(C)Oc1nc(NCCCn2ccnn2)ccc1N. The Labute approximate surface area is 118 Å². The Morgan fingerprint density at radius 1 is 1.40 bits per heavy atom. The smallest absolute Gasteiger partial charge is 0.239 e. The van der Waals surface area contributed by atoms with Crippen LogP contribution in [0.15, 0.2) is 24.5 Å². The number of hydrogen-bond acceptors (Lipinski definition) is 6. The van der Waals surface area contributed by atoms with Crippen molar-refractivity contribution >= 4 is 11.5 Å². The highest BCUT2D eigenvalue weighted by molar-refractivity contribution is 5.53. The number of aryl methyl sites for hydroxylation is 1. The minimum atomic E-state index is 0.0485. The van der Waals surface area contributed by atoms with Crippen LogP contribution in [0.3, 0.4) is 0 Å². The summed E-state index contributed by atoms with van der Waals surface area (Å²) in [6, 6.07) is 3.64. The lowest BCUT2D eigenvalue weighted by Gasteiger charge is -2.13. The largest absolute Gasteiger partial charge is 0.473 e. The number of rotatable bonds is 7. The summed E-state index contributed by atoms with van der Waals surface area (Å²) in [5, 5.41) is 10.9. The molecule has 2 aromatic heterocycles. The van der Waals surface area contributed by atoms with Gasteiger partial charge in [-0.3, -0.25) is 4.68 Å². The summed E-state index contributed by atoms with van der Waals surface area (Å²) in [7, 11) is 0. The molecule has 20 heavy (non-hydrogen) atoms. The highest BCUT2D eigenvalue weighted by Gasteiger charge is 2.06. The third-order valence-electron chi connectivity index (χ3n) is 2.58. The number of hydrogen-bond donors (Lipinski definition) is 2. The zero-order valence-electron chi connectivity index (χ0n) is 11.8. The van der Waals surface area contributed by atoms with Crippen molar-refractivity contribution in [2.24, 2.45) is 0 Å². The normalized spacial score (nSPS) is 10.8. The van der Waals surface area contributed by atoms with Gasteiger partial charge in [0.25, 0.3) is 0 Å². The molecule has 0 aliphatic rings. The quantitative estimate of drug-likeness (QED) is 0.745. The van der Waals surface area contributed by atoms with Crippen molar-refractivity contribution in [3.63, 3.8) is 0 Å². The van der Waals surface area contributed by atoms with Crippen molar-refractivity contribution < 1.29 is 4.74 Å². The summed E-state index contributed by atoms with van der Waals surface area (Å²) in [5.74, 6) is 1.23. The number of aromatic nitrogens is 4. The number of nitrogens with two attached hydrogens (primary N) is 1. The Morgan fingerprint density at radius 2 is 2.25 bits per heavy atom. The maximum absolute atomic E-state index is 5.82. The summed E-state index contributed by atoms with van der Waals surface area (Å²) in [6.45, 7) is 5.49. The lowest BCUT2D eigenvalue weighted by molar-refractivity contribution is 0.234. The van der Waals surface area contributed by atoms with Gasteiger partial charge < -0.3 is 15.8 Å². The lowest BCUT2D eigenvalue weighted by atomic mass is 10.3. The molecular formula is C13H20N6O. The number of nitrogens with one attached hydrogen (secondary N) is 1. The Bertz CT molecular complexity index is 526. The van der Waals surface area contributed by atoms with Gasteiger partial charge in [-0.05, 0) is 32.4 Å². The van der Waals surface area contributed by atoms with E-state index in [1.165, 1.54) is 0 Å². The fraction of sp³-hybridized carbons (Fsp3) is 0.462. The van der Waals surface area contributed by atoms with Gasteiger partial charge >= 0.3 is 0 Å². The van der Waals surface area contributed by atoms with E-state index in [9.17, 15) is 0 Å². The van der Waals surface area contributed by atoms with Crippen LogP contribution in [0.4, 0.5) is 11.5 Å². The molecule has 0 aliphatic carbocycles. The molecule has 7 heteroatoms. The van der Waals surface area contributed by atoms with E-state index in [4.69, 9.17) is 10.5 Å². The van der Waals surface area contributed by atoms with Crippen LogP contribution in [-0.4, -0.2) is 32.6 Å². The molecule has 0 saturated carbocycles. The van der Waals surface area contributed by atoms with Gasteiger partial charge in [0.15, 0.2) is 0 Å². The van der Waals surface area contributed by atoms with E-state index < -0.39 is 0 Å². The first-order valence-electron chi connectivity index (χ1n) is 6.66. The predicted octanol–water partition coefficient (Wildman–Crippen LogP) is 1.54. The molecule has 0 bridgehead atoms. The van der Waals surface area contributed by atoms with Crippen LogP contribution >= 0.6 is 0 Å². The molecule has 0 aliphatic heterocycles. The van der Waals surface area contributed by atoms with Crippen LogP contribution in [-0.2, 0) is 6.54 Å². The Balaban J connectivity index is 1.83. The van der Waals surface area contributed by atoms with Crippen LogP contribution in [0.5, 0.6) is 5.88 Å². The van der Waals surface area contributed by atoms with Gasteiger partial charge in [-0.2, -0.15) is 4.98 Å². The number of anilines is 2. The summed E-state index contributed by atoms with van der Waals surface area (Å²) in [5.41, 5.74) is 6.37. The van der Waals surface area contributed by atoms with Gasteiger partial charge in [0.1, 0.15) is 5.82 Å². The zero-order valence-corrected chi connectivity index (χ0v) is 11.8. The standard InChI is InChI=1S/C13H20N6O/c1-10(2)20-13-11(14)4-5-12(17-13)15-6-3-8-19-9-7-16-18-19/h4-5,7,9-10H,3,6,8,14H2,1-2H3,(H,15,17). The second-order valence-corrected chi connectivity index (χ2v) is 4.70. The van der Waals surface area contributed by atoms with Gasteiger partial charge in [0.2, 0.25) is 5.88 Å². The predicted molar refractivity (Wildman–Crippen MR) is 77.5 cm³/mol. The summed E-state index contributed by atoms with van der Waals surface area (Å²) in [6.07, 6.45) is 4.49. The van der Waals surface area contributed by atoms with E-state index in [0.717, 1.165) is 25.3 Å². The van der Waals surface area contributed by atoms with Crippen LogP contribution in [0, 0.1) is 0 Å². The molecule has 0 amide bonds. The van der Waals surface area contributed by atoms with Gasteiger partial charge in [-0.1, -0.05) is 5.21 Å². The van der Waals surface area contributed by atoms with Crippen LogP contribution in [0.25, 0.3) is 0 Å². The summed E-state index contributed by atoms with van der Waals surface area (Å²) < 4.78 is 7.35. The van der Waals surface area contributed by atoms with E-state index in [1.54, 1.807) is 16.9 Å². The van der Waals surface area contributed by atoms with E-state index in [1.807, 2.05) is 26.1 Å². The molecule has 0 saturated heterocycles.